The number of carbonyl (C=O) groups is 3. The highest BCUT2D eigenvalue weighted by atomic mass is 19.4. The Labute approximate surface area is 210 Å². The Balaban J connectivity index is 1.93. The first-order valence-corrected chi connectivity index (χ1v) is 11.5. The Morgan fingerprint density at radius 1 is 1.19 bits per heavy atom. The summed E-state index contributed by atoms with van der Waals surface area (Å²) >= 11 is 0. The topological polar surface area (TPSA) is 94.0 Å². The zero-order chi connectivity index (χ0) is 27.5. The van der Waals surface area contributed by atoms with Crippen molar-refractivity contribution in [2.75, 3.05) is 13.2 Å². The molecule has 9 nitrogen and oxygen atoms in total. The van der Waals surface area contributed by atoms with Gasteiger partial charge in [0.2, 0.25) is 6.41 Å². The molecule has 1 fully saturated rings. The van der Waals surface area contributed by atoms with Crippen LogP contribution in [0.2, 0.25) is 0 Å². The molecule has 202 valence electrons. The normalized spacial score (nSPS) is 18.0. The Bertz CT molecular complexity index is 1130. The lowest BCUT2D eigenvalue weighted by atomic mass is 10.2. The molecule has 1 aliphatic rings. The van der Waals surface area contributed by atoms with Crippen LogP contribution in [0.25, 0.3) is 5.69 Å². The standard InChI is InChI=1S/C24H28F4N4O5/c1-5-36-21(34)20-15(12-32(29-20)18-8-6-16(7-9-18)24(26,27)28)11-30(14-33)19-10-17(25)13-31(19)22(35)37-23(2,3)4/h6-9,12,14,17,19H,5,10-11,13H2,1-4H3. The van der Waals surface area contributed by atoms with Crippen LogP contribution in [0.15, 0.2) is 30.5 Å². The molecule has 1 aromatic carbocycles. The Morgan fingerprint density at radius 2 is 1.84 bits per heavy atom. The lowest BCUT2D eigenvalue weighted by Crippen LogP contribution is -2.48. The third-order valence-electron chi connectivity index (χ3n) is 5.44. The number of nitrogens with zero attached hydrogens (tertiary/aromatic N) is 4. The number of alkyl halides is 4. The van der Waals surface area contributed by atoms with E-state index in [4.69, 9.17) is 9.47 Å². The van der Waals surface area contributed by atoms with E-state index in [1.165, 1.54) is 23.0 Å². The molecule has 0 bridgehead atoms. The average Bonchev–Trinajstić information content (AvgIpc) is 3.40. The molecule has 1 saturated heterocycles. The summed E-state index contributed by atoms with van der Waals surface area (Å²) in [6.45, 7) is 6.04. The van der Waals surface area contributed by atoms with Gasteiger partial charge >= 0.3 is 18.2 Å². The molecule has 0 radical (unpaired) electrons. The van der Waals surface area contributed by atoms with Gasteiger partial charge < -0.3 is 14.4 Å². The van der Waals surface area contributed by atoms with Crippen LogP contribution in [-0.2, 0) is 27.0 Å². The molecule has 0 saturated carbocycles. The van der Waals surface area contributed by atoms with E-state index in [-0.39, 0.29) is 43.1 Å². The van der Waals surface area contributed by atoms with Crippen LogP contribution in [0.4, 0.5) is 22.4 Å². The van der Waals surface area contributed by atoms with Crippen LogP contribution < -0.4 is 0 Å². The SMILES string of the molecule is CCOC(=O)c1nn(-c2ccc(C(F)(F)F)cc2)cc1CN(C=O)C1CC(F)CN1C(=O)OC(C)(C)C. The van der Waals surface area contributed by atoms with Crippen molar-refractivity contribution >= 4 is 18.5 Å². The second kappa shape index (κ2) is 10.8. The lowest BCUT2D eigenvalue weighted by molar-refractivity contribution is -0.137. The van der Waals surface area contributed by atoms with Crippen LogP contribution in [0.3, 0.4) is 0 Å². The van der Waals surface area contributed by atoms with Gasteiger partial charge in [0.25, 0.3) is 0 Å². The fraction of sp³-hybridized carbons (Fsp3) is 0.500. The molecule has 1 aromatic heterocycles. The van der Waals surface area contributed by atoms with Crippen molar-refractivity contribution in [3.63, 3.8) is 0 Å². The molecule has 3 rings (SSSR count). The van der Waals surface area contributed by atoms with E-state index >= 15 is 0 Å². The molecule has 0 N–H and O–H groups in total. The van der Waals surface area contributed by atoms with E-state index in [1.807, 2.05) is 0 Å². The third-order valence-corrected chi connectivity index (χ3v) is 5.44. The van der Waals surface area contributed by atoms with E-state index in [0.29, 0.717) is 6.41 Å². The summed E-state index contributed by atoms with van der Waals surface area (Å²) in [5.41, 5.74) is -1.46. The predicted molar refractivity (Wildman–Crippen MR) is 122 cm³/mol. The number of hydrogen-bond donors (Lipinski definition) is 0. The molecule has 2 heterocycles. The van der Waals surface area contributed by atoms with Crippen molar-refractivity contribution in [3.8, 4) is 5.69 Å². The Hall–Kier alpha value is -3.64. The zero-order valence-electron chi connectivity index (χ0n) is 20.8. The summed E-state index contributed by atoms with van der Waals surface area (Å²) in [4.78, 5) is 39.5. The second-order valence-corrected chi connectivity index (χ2v) is 9.44. The van der Waals surface area contributed by atoms with Crippen molar-refractivity contribution in [1.82, 2.24) is 19.6 Å². The van der Waals surface area contributed by atoms with Crippen LogP contribution in [0, 0.1) is 0 Å². The van der Waals surface area contributed by atoms with Crippen LogP contribution in [0.5, 0.6) is 0 Å². The molecular weight excluding hydrogens is 500 g/mol. The van der Waals surface area contributed by atoms with Gasteiger partial charge in [0.05, 0.1) is 30.9 Å². The third kappa shape index (κ3) is 6.77. The maximum atomic E-state index is 14.3. The Morgan fingerprint density at radius 3 is 2.38 bits per heavy atom. The van der Waals surface area contributed by atoms with Crippen LogP contribution >= 0.6 is 0 Å². The van der Waals surface area contributed by atoms with E-state index in [2.05, 4.69) is 5.10 Å². The number of carbonyl (C=O) groups excluding carboxylic acids is 3. The predicted octanol–water partition coefficient (Wildman–Crippen LogP) is 4.33. The number of ether oxygens (including phenoxy) is 2. The summed E-state index contributed by atoms with van der Waals surface area (Å²) in [5.74, 6) is -0.812. The van der Waals surface area contributed by atoms with Gasteiger partial charge in [0.15, 0.2) is 5.69 Å². The number of amides is 2. The summed E-state index contributed by atoms with van der Waals surface area (Å²) in [6, 6.07) is 4.11. The lowest BCUT2D eigenvalue weighted by Gasteiger charge is -2.33. The molecule has 13 heteroatoms. The van der Waals surface area contributed by atoms with Crippen molar-refractivity contribution in [2.45, 2.75) is 64.8 Å². The highest BCUT2D eigenvalue weighted by Gasteiger charge is 2.41. The summed E-state index contributed by atoms with van der Waals surface area (Å²) < 4.78 is 64.7. The van der Waals surface area contributed by atoms with Crippen molar-refractivity contribution in [2.24, 2.45) is 0 Å². The minimum absolute atomic E-state index is 0.0292. The number of rotatable bonds is 7. The van der Waals surface area contributed by atoms with Crippen LogP contribution in [-0.4, -0.2) is 69.1 Å². The number of benzene rings is 1. The molecule has 2 atom stereocenters. The van der Waals surface area contributed by atoms with Crippen LogP contribution in [0.1, 0.15) is 55.7 Å². The van der Waals surface area contributed by atoms with Gasteiger partial charge in [-0.1, -0.05) is 0 Å². The number of halogens is 4. The van der Waals surface area contributed by atoms with Gasteiger partial charge in [0.1, 0.15) is 17.9 Å². The average molecular weight is 529 g/mol. The smallest absolute Gasteiger partial charge is 0.416 e. The molecule has 2 amide bonds. The molecule has 2 unspecified atom stereocenters. The molecule has 37 heavy (non-hydrogen) atoms. The molecule has 0 spiro atoms. The Kier molecular flexibility index (Phi) is 8.13. The summed E-state index contributed by atoms with van der Waals surface area (Å²) in [5, 5.41) is 4.16. The van der Waals surface area contributed by atoms with Gasteiger partial charge in [-0.2, -0.15) is 18.3 Å². The fourth-order valence-electron chi connectivity index (χ4n) is 3.84. The number of hydrogen-bond acceptors (Lipinski definition) is 6. The molecule has 1 aliphatic heterocycles. The van der Waals surface area contributed by atoms with Crippen molar-refractivity contribution in [3.05, 3.63) is 47.3 Å². The molecule has 2 aromatic rings. The molecule has 0 aliphatic carbocycles. The minimum Gasteiger partial charge on any atom is -0.461 e. The highest BCUT2D eigenvalue weighted by molar-refractivity contribution is 5.89. The second-order valence-electron chi connectivity index (χ2n) is 9.44. The van der Waals surface area contributed by atoms with E-state index in [0.717, 1.165) is 21.9 Å². The van der Waals surface area contributed by atoms with Gasteiger partial charge in [-0.25, -0.2) is 18.7 Å². The van der Waals surface area contributed by atoms with E-state index < -0.39 is 41.7 Å². The number of likely N-dealkylation sites (tertiary alicyclic amines) is 1. The first-order chi connectivity index (χ1) is 17.2. The van der Waals surface area contributed by atoms with Gasteiger partial charge in [-0.3, -0.25) is 9.69 Å². The quantitative estimate of drug-likeness (QED) is 0.302. The maximum absolute atomic E-state index is 14.3. The van der Waals surface area contributed by atoms with Crippen molar-refractivity contribution < 1.29 is 41.4 Å². The summed E-state index contributed by atoms with van der Waals surface area (Å²) in [6.07, 6.45) is -6.10. The van der Waals surface area contributed by atoms with Crippen molar-refractivity contribution in [1.29, 1.82) is 0 Å². The monoisotopic (exact) mass is 528 g/mol. The summed E-state index contributed by atoms with van der Waals surface area (Å²) in [7, 11) is 0. The van der Waals surface area contributed by atoms with Gasteiger partial charge in [-0.05, 0) is 52.0 Å². The van der Waals surface area contributed by atoms with Gasteiger partial charge in [0, 0.05) is 18.2 Å². The van der Waals surface area contributed by atoms with E-state index in [1.54, 1.807) is 27.7 Å². The van der Waals surface area contributed by atoms with E-state index in [9.17, 15) is 31.9 Å². The number of aromatic nitrogens is 2. The largest absolute Gasteiger partial charge is 0.461 e. The fourth-order valence-corrected chi connectivity index (χ4v) is 3.84. The molecular formula is C24H28F4N4O5. The number of esters is 1. The first kappa shape index (κ1) is 27.9. The first-order valence-electron chi connectivity index (χ1n) is 11.5. The highest BCUT2D eigenvalue weighted by Crippen LogP contribution is 2.30. The minimum atomic E-state index is -4.52. The maximum Gasteiger partial charge on any atom is 0.416 e. The van der Waals surface area contributed by atoms with Gasteiger partial charge in [-0.15, -0.1) is 0 Å². The zero-order valence-corrected chi connectivity index (χ0v) is 20.8.